The number of nitrogens with one attached hydrogen (secondary N) is 2. The quantitative estimate of drug-likeness (QED) is 0.553. The average Bonchev–Trinajstić information content (AvgIpc) is 2.81. The zero-order valence-electron chi connectivity index (χ0n) is 13.9. The molecular formula is C14H19N3O7S. The number of hydrogen-bond acceptors (Lipinski definition) is 7. The molecular weight excluding hydrogens is 354 g/mol. The van der Waals surface area contributed by atoms with E-state index in [0.29, 0.717) is 5.69 Å². The van der Waals surface area contributed by atoms with Crippen molar-refractivity contribution >= 4 is 40.4 Å². The molecule has 1 atom stereocenters. The first-order chi connectivity index (χ1) is 11.5. The van der Waals surface area contributed by atoms with Crippen molar-refractivity contribution in [3.8, 4) is 0 Å². The molecule has 1 heterocycles. The summed E-state index contributed by atoms with van der Waals surface area (Å²) in [5.41, 5.74) is -0.368. The Hall–Kier alpha value is -2.69. The van der Waals surface area contributed by atoms with Crippen LogP contribution in [0.25, 0.3) is 0 Å². The van der Waals surface area contributed by atoms with E-state index in [9.17, 15) is 19.2 Å². The minimum absolute atomic E-state index is 0.220. The highest BCUT2D eigenvalue weighted by atomic mass is 32.1. The van der Waals surface area contributed by atoms with Gasteiger partial charge in [0, 0.05) is 5.38 Å². The lowest BCUT2D eigenvalue weighted by molar-refractivity contribution is -0.147. The first-order valence-electron chi connectivity index (χ1n) is 7.14. The van der Waals surface area contributed by atoms with E-state index in [1.807, 2.05) is 0 Å². The molecule has 11 heteroatoms. The predicted molar refractivity (Wildman–Crippen MR) is 87.5 cm³/mol. The molecule has 25 heavy (non-hydrogen) atoms. The van der Waals surface area contributed by atoms with Crippen molar-refractivity contribution in [1.82, 2.24) is 10.3 Å². The van der Waals surface area contributed by atoms with Crippen molar-refractivity contribution in [3.05, 3.63) is 11.1 Å². The van der Waals surface area contributed by atoms with Crippen LogP contribution in [0.3, 0.4) is 0 Å². The average molecular weight is 373 g/mol. The molecule has 138 valence electrons. The van der Waals surface area contributed by atoms with Crippen LogP contribution in [0.15, 0.2) is 5.38 Å². The number of carbonyl (C=O) groups is 4. The van der Waals surface area contributed by atoms with Crippen LogP contribution in [0.4, 0.5) is 9.93 Å². The maximum Gasteiger partial charge on any atom is 0.413 e. The van der Waals surface area contributed by atoms with Crippen LogP contribution < -0.4 is 10.6 Å². The zero-order valence-corrected chi connectivity index (χ0v) is 14.7. The van der Waals surface area contributed by atoms with E-state index in [4.69, 9.17) is 14.9 Å². The molecule has 0 unspecified atom stereocenters. The van der Waals surface area contributed by atoms with E-state index in [1.54, 1.807) is 20.8 Å². The van der Waals surface area contributed by atoms with Crippen molar-refractivity contribution in [2.45, 2.75) is 45.3 Å². The molecule has 2 amide bonds. The van der Waals surface area contributed by atoms with Gasteiger partial charge in [-0.3, -0.25) is 14.9 Å². The fraction of sp³-hybridized carbons (Fsp3) is 0.500. The molecule has 0 aliphatic carbocycles. The monoisotopic (exact) mass is 373 g/mol. The van der Waals surface area contributed by atoms with Gasteiger partial charge in [-0.25, -0.2) is 14.6 Å². The first kappa shape index (κ1) is 20.4. The molecule has 0 saturated carbocycles. The smallest absolute Gasteiger partial charge is 0.413 e. The minimum atomic E-state index is -1.53. The summed E-state index contributed by atoms with van der Waals surface area (Å²) in [6.07, 6.45) is -1.68. The Bertz CT molecular complexity index is 666. The molecule has 0 aliphatic heterocycles. The summed E-state index contributed by atoms with van der Waals surface area (Å²) in [6, 6.07) is -1.53. The summed E-state index contributed by atoms with van der Waals surface area (Å²) in [6.45, 7) is 5.13. The Kier molecular flexibility index (Phi) is 6.86. The van der Waals surface area contributed by atoms with Crippen molar-refractivity contribution in [1.29, 1.82) is 0 Å². The Labute approximate surface area is 147 Å². The number of amides is 2. The second kappa shape index (κ2) is 8.42. The number of carboxylic acid groups (broad SMARTS) is 2. The molecule has 0 spiro atoms. The maximum absolute atomic E-state index is 11.8. The lowest BCUT2D eigenvalue weighted by Crippen LogP contribution is -2.42. The standard InChI is InChI=1S/C14H19N3O7S/c1-14(2,3)24-13(23)17-12-15-7(6-25-12)4-9(18)16-8(11(21)22)5-10(19)20/h6,8H,4-5H2,1-3H3,(H,16,18)(H,19,20)(H,21,22)(H,15,17,23)/t8-/m0/s1. The largest absolute Gasteiger partial charge is 0.481 e. The number of ether oxygens (including phenoxy) is 1. The molecule has 0 fully saturated rings. The second-order valence-electron chi connectivity index (χ2n) is 6.00. The van der Waals surface area contributed by atoms with E-state index in [-0.39, 0.29) is 11.6 Å². The van der Waals surface area contributed by atoms with Gasteiger partial charge in [-0.2, -0.15) is 0 Å². The Morgan fingerprint density at radius 1 is 1.28 bits per heavy atom. The van der Waals surface area contributed by atoms with Gasteiger partial charge in [-0.15, -0.1) is 11.3 Å². The van der Waals surface area contributed by atoms with Crippen LogP contribution >= 0.6 is 11.3 Å². The van der Waals surface area contributed by atoms with Gasteiger partial charge in [0.1, 0.15) is 11.6 Å². The highest BCUT2D eigenvalue weighted by Gasteiger charge is 2.23. The summed E-state index contributed by atoms with van der Waals surface area (Å²) < 4.78 is 5.06. The van der Waals surface area contributed by atoms with Gasteiger partial charge in [0.15, 0.2) is 5.13 Å². The SMILES string of the molecule is CC(C)(C)OC(=O)Nc1nc(CC(=O)N[C@@H](CC(=O)O)C(=O)O)cs1. The third kappa shape index (κ3) is 8.11. The third-order valence-electron chi connectivity index (χ3n) is 2.51. The van der Waals surface area contributed by atoms with Crippen molar-refractivity contribution in [2.24, 2.45) is 0 Å². The Balaban J connectivity index is 2.59. The summed E-state index contributed by atoms with van der Waals surface area (Å²) in [5.74, 6) is -3.48. The molecule has 0 radical (unpaired) electrons. The molecule has 1 aromatic rings. The van der Waals surface area contributed by atoms with Gasteiger partial charge in [0.05, 0.1) is 18.5 Å². The predicted octanol–water partition coefficient (Wildman–Crippen LogP) is 1.08. The Morgan fingerprint density at radius 2 is 1.92 bits per heavy atom. The number of thiazole rings is 1. The van der Waals surface area contributed by atoms with Gasteiger partial charge in [-0.1, -0.05) is 0 Å². The normalized spacial score (nSPS) is 12.1. The van der Waals surface area contributed by atoms with Gasteiger partial charge in [0.2, 0.25) is 5.91 Å². The van der Waals surface area contributed by atoms with Crippen molar-refractivity contribution in [2.75, 3.05) is 5.32 Å². The van der Waals surface area contributed by atoms with Crippen molar-refractivity contribution < 1.29 is 34.1 Å². The fourth-order valence-electron chi connectivity index (χ4n) is 1.62. The number of hydrogen-bond donors (Lipinski definition) is 4. The zero-order chi connectivity index (χ0) is 19.2. The second-order valence-corrected chi connectivity index (χ2v) is 6.86. The maximum atomic E-state index is 11.8. The summed E-state index contributed by atoms with van der Waals surface area (Å²) >= 11 is 1.07. The van der Waals surface area contributed by atoms with E-state index in [0.717, 1.165) is 11.3 Å². The number of nitrogens with zero attached hydrogens (tertiary/aromatic N) is 1. The van der Waals surface area contributed by atoms with Gasteiger partial charge in [-0.05, 0) is 20.8 Å². The van der Waals surface area contributed by atoms with Crippen molar-refractivity contribution in [3.63, 3.8) is 0 Å². The van der Waals surface area contributed by atoms with Crippen LogP contribution in [0.1, 0.15) is 32.9 Å². The number of rotatable bonds is 7. The van der Waals surface area contributed by atoms with Gasteiger partial charge in [0.25, 0.3) is 0 Å². The number of carbonyl (C=O) groups excluding carboxylic acids is 2. The molecule has 1 aromatic heterocycles. The number of aliphatic carboxylic acids is 2. The van der Waals surface area contributed by atoms with E-state index < -0.39 is 42.0 Å². The van der Waals surface area contributed by atoms with E-state index in [2.05, 4.69) is 15.6 Å². The van der Waals surface area contributed by atoms with Gasteiger partial charge < -0.3 is 20.3 Å². The first-order valence-corrected chi connectivity index (χ1v) is 8.02. The van der Waals surface area contributed by atoms with Crippen LogP contribution in [0, 0.1) is 0 Å². The molecule has 10 nitrogen and oxygen atoms in total. The molecule has 0 bridgehead atoms. The van der Waals surface area contributed by atoms with Crippen LogP contribution in [0.2, 0.25) is 0 Å². The molecule has 0 aromatic carbocycles. The number of aromatic nitrogens is 1. The summed E-state index contributed by atoms with van der Waals surface area (Å²) in [5, 5.41) is 23.8. The summed E-state index contributed by atoms with van der Waals surface area (Å²) in [7, 11) is 0. The molecule has 4 N–H and O–H groups in total. The minimum Gasteiger partial charge on any atom is -0.481 e. The lowest BCUT2D eigenvalue weighted by atomic mass is 10.2. The Morgan fingerprint density at radius 3 is 2.44 bits per heavy atom. The van der Waals surface area contributed by atoms with Crippen LogP contribution in [-0.4, -0.2) is 50.8 Å². The van der Waals surface area contributed by atoms with E-state index in [1.165, 1.54) is 5.38 Å². The topological polar surface area (TPSA) is 155 Å². The fourth-order valence-corrected chi connectivity index (χ4v) is 2.32. The van der Waals surface area contributed by atoms with Crippen LogP contribution in [0.5, 0.6) is 0 Å². The van der Waals surface area contributed by atoms with Gasteiger partial charge >= 0.3 is 18.0 Å². The molecule has 0 aliphatic rings. The number of carboxylic acids is 2. The summed E-state index contributed by atoms with van der Waals surface area (Å²) in [4.78, 5) is 48.9. The van der Waals surface area contributed by atoms with Crippen LogP contribution in [-0.2, 0) is 25.5 Å². The highest BCUT2D eigenvalue weighted by Crippen LogP contribution is 2.17. The number of anilines is 1. The van der Waals surface area contributed by atoms with E-state index >= 15 is 0 Å². The molecule has 1 rings (SSSR count). The lowest BCUT2D eigenvalue weighted by Gasteiger charge is -2.18. The third-order valence-corrected chi connectivity index (χ3v) is 3.32. The highest BCUT2D eigenvalue weighted by molar-refractivity contribution is 7.13. The molecule has 0 saturated heterocycles.